The topological polar surface area (TPSA) is 75.3 Å². The van der Waals surface area contributed by atoms with Crippen LogP contribution in [0.5, 0.6) is 0 Å². The van der Waals surface area contributed by atoms with Gasteiger partial charge in [0.2, 0.25) is 5.91 Å². The van der Waals surface area contributed by atoms with Crippen LogP contribution in [0.4, 0.5) is 0 Å². The smallest absolute Gasteiger partial charge is 0.250 e. The molecule has 0 fully saturated rings. The molecular formula is C16H20N2O3S2. The van der Waals surface area contributed by atoms with Gasteiger partial charge in [-0.1, -0.05) is 36.4 Å². The first-order valence-electron chi connectivity index (χ1n) is 7.36. The van der Waals surface area contributed by atoms with Crippen LogP contribution in [0, 0.1) is 0 Å². The van der Waals surface area contributed by atoms with Crippen LogP contribution in [0.3, 0.4) is 0 Å². The van der Waals surface area contributed by atoms with Gasteiger partial charge >= 0.3 is 0 Å². The van der Waals surface area contributed by atoms with E-state index in [1.807, 2.05) is 30.3 Å². The van der Waals surface area contributed by atoms with E-state index in [2.05, 4.69) is 10.0 Å². The van der Waals surface area contributed by atoms with Gasteiger partial charge in [0.1, 0.15) is 4.21 Å². The summed E-state index contributed by atoms with van der Waals surface area (Å²) in [6.45, 7) is 2.05. The summed E-state index contributed by atoms with van der Waals surface area (Å²) in [5.41, 5.74) is 1.22. The van der Waals surface area contributed by atoms with Gasteiger partial charge in [0, 0.05) is 6.54 Å². The molecule has 0 saturated heterocycles. The first-order chi connectivity index (χ1) is 11.0. The fourth-order valence-electron chi connectivity index (χ4n) is 2.06. The van der Waals surface area contributed by atoms with E-state index in [4.69, 9.17) is 0 Å². The average molecular weight is 352 g/mol. The van der Waals surface area contributed by atoms with Crippen LogP contribution in [0.1, 0.15) is 18.9 Å². The highest BCUT2D eigenvalue weighted by atomic mass is 32.2. The number of aryl methyl sites for hydroxylation is 1. The molecule has 7 heteroatoms. The quantitative estimate of drug-likeness (QED) is 0.715. The maximum atomic E-state index is 12.0. The van der Waals surface area contributed by atoms with Crippen molar-refractivity contribution in [3.8, 4) is 0 Å². The monoisotopic (exact) mass is 352 g/mol. The van der Waals surface area contributed by atoms with Gasteiger partial charge in [-0.2, -0.15) is 4.72 Å². The molecule has 0 aliphatic heterocycles. The molecule has 1 heterocycles. The molecular weight excluding hydrogens is 332 g/mol. The van der Waals surface area contributed by atoms with Crippen LogP contribution in [0.2, 0.25) is 0 Å². The maximum Gasteiger partial charge on any atom is 0.250 e. The maximum absolute atomic E-state index is 12.0. The molecule has 0 unspecified atom stereocenters. The number of nitrogens with one attached hydrogen (secondary N) is 2. The van der Waals surface area contributed by atoms with E-state index >= 15 is 0 Å². The number of thiophene rings is 1. The molecule has 23 heavy (non-hydrogen) atoms. The van der Waals surface area contributed by atoms with E-state index in [0.29, 0.717) is 6.54 Å². The summed E-state index contributed by atoms with van der Waals surface area (Å²) in [5.74, 6) is -0.321. The Hall–Kier alpha value is -1.70. The van der Waals surface area contributed by atoms with E-state index < -0.39 is 16.1 Å². The molecule has 5 nitrogen and oxygen atoms in total. The Morgan fingerprint density at radius 1 is 1.17 bits per heavy atom. The molecule has 0 aliphatic rings. The lowest BCUT2D eigenvalue weighted by atomic mass is 10.1. The molecule has 124 valence electrons. The van der Waals surface area contributed by atoms with Gasteiger partial charge in [0.15, 0.2) is 0 Å². The highest BCUT2D eigenvalue weighted by Gasteiger charge is 2.22. The highest BCUT2D eigenvalue weighted by Crippen LogP contribution is 2.15. The molecule has 2 aromatic rings. The molecule has 0 bridgehead atoms. The minimum absolute atomic E-state index is 0.209. The Morgan fingerprint density at radius 3 is 2.57 bits per heavy atom. The minimum Gasteiger partial charge on any atom is -0.355 e. The number of carbonyl (C=O) groups is 1. The molecule has 0 radical (unpaired) electrons. The first-order valence-corrected chi connectivity index (χ1v) is 9.73. The van der Waals surface area contributed by atoms with E-state index in [1.54, 1.807) is 11.4 Å². The normalized spacial score (nSPS) is 12.7. The third-order valence-electron chi connectivity index (χ3n) is 3.27. The Morgan fingerprint density at radius 2 is 1.91 bits per heavy atom. The fourth-order valence-corrected chi connectivity index (χ4v) is 4.28. The fraction of sp³-hybridized carbons (Fsp3) is 0.312. The summed E-state index contributed by atoms with van der Waals surface area (Å²) in [7, 11) is -3.63. The molecule has 2 rings (SSSR count). The number of hydrogen-bond acceptors (Lipinski definition) is 4. The Kier molecular flexibility index (Phi) is 6.32. The van der Waals surface area contributed by atoms with Gasteiger partial charge < -0.3 is 5.32 Å². The number of carbonyl (C=O) groups excluding carboxylic acids is 1. The molecule has 1 atom stereocenters. The van der Waals surface area contributed by atoms with Crippen molar-refractivity contribution in [3.63, 3.8) is 0 Å². The van der Waals surface area contributed by atoms with Crippen LogP contribution in [-0.2, 0) is 21.2 Å². The number of sulfonamides is 1. The molecule has 2 N–H and O–H groups in total. The highest BCUT2D eigenvalue weighted by molar-refractivity contribution is 7.91. The standard InChI is InChI=1S/C16H20N2O3S2/c1-13(18-23(20,21)15-10-6-12-22-15)16(19)17-11-5-9-14-7-3-2-4-8-14/h2-4,6-8,10,12-13,18H,5,9,11H2,1H3,(H,17,19)/t13-/m0/s1. The lowest BCUT2D eigenvalue weighted by Gasteiger charge is -2.13. The zero-order valence-electron chi connectivity index (χ0n) is 12.9. The van der Waals surface area contributed by atoms with Gasteiger partial charge in [-0.05, 0) is 36.8 Å². The molecule has 1 aromatic heterocycles. The summed E-state index contributed by atoms with van der Waals surface area (Å²) in [4.78, 5) is 12.0. The summed E-state index contributed by atoms with van der Waals surface area (Å²) in [6, 6.07) is 12.4. The van der Waals surface area contributed by atoms with Gasteiger partial charge in [0.05, 0.1) is 6.04 Å². The van der Waals surface area contributed by atoms with Crippen LogP contribution in [0.15, 0.2) is 52.1 Å². The Bertz CT molecular complexity index is 713. The average Bonchev–Trinajstić information content (AvgIpc) is 3.07. The van der Waals surface area contributed by atoms with Gasteiger partial charge in [-0.3, -0.25) is 4.79 Å². The van der Waals surface area contributed by atoms with E-state index in [9.17, 15) is 13.2 Å². The van der Waals surface area contributed by atoms with Crippen molar-refractivity contribution in [2.45, 2.75) is 30.0 Å². The van der Waals surface area contributed by atoms with Crippen LogP contribution < -0.4 is 10.0 Å². The number of hydrogen-bond donors (Lipinski definition) is 2. The zero-order valence-corrected chi connectivity index (χ0v) is 14.5. The van der Waals surface area contributed by atoms with E-state index in [-0.39, 0.29) is 10.1 Å². The number of rotatable bonds is 8. The van der Waals surface area contributed by atoms with E-state index in [0.717, 1.165) is 24.2 Å². The SMILES string of the molecule is C[C@H](NS(=O)(=O)c1cccs1)C(=O)NCCCc1ccccc1. The Labute approximate surface area is 140 Å². The summed E-state index contributed by atoms with van der Waals surface area (Å²) < 4.78 is 26.7. The predicted molar refractivity (Wildman–Crippen MR) is 91.9 cm³/mol. The second-order valence-electron chi connectivity index (χ2n) is 5.16. The van der Waals surface area contributed by atoms with Crippen molar-refractivity contribution in [2.75, 3.05) is 6.54 Å². The summed E-state index contributed by atoms with van der Waals surface area (Å²) >= 11 is 1.12. The first kappa shape index (κ1) is 17.7. The lowest BCUT2D eigenvalue weighted by Crippen LogP contribution is -2.44. The van der Waals surface area contributed by atoms with Crippen molar-refractivity contribution in [1.82, 2.24) is 10.0 Å². The van der Waals surface area contributed by atoms with Crippen molar-refractivity contribution in [1.29, 1.82) is 0 Å². The van der Waals surface area contributed by atoms with Crippen molar-refractivity contribution in [2.24, 2.45) is 0 Å². The van der Waals surface area contributed by atoms with Crippen molar-refractivity contribution < 1.29 is 13.2 Å². The Balaban J connectivity index is 1.75. The zero-order chi connectivity index (χ0) is 16.7. The van der Waals surface area contributed by atoms with Crippen molar-refractivity contribution in [3.05, 3.63) is 53.4 Å². The molecule has 0 aliphatic carbocycles. The third-order valence-corrected chi connectivity index (χ3v) is 6.21. The molecule has 0 saturated carbocycles. The van der Waals surface area contributed by atoms with Crippen molar-refractivity contribution >= 4 is 27.3 Å². The summed E-state index contributed by atoms with van der Waals surface area (Å²) in [5, 5.41) is 4.44. The van der Waals surface area contributed by atoms with Crippen LogP contribution in [0.25, 0.3) is 0 Å². The largest absolute Gasteiger partial charge is 0.355 e. The van der Waals surface area contributed by atoms with Crippen LogP contribution >= 0.6 is 11.3 Å². The second kappa shape index (κ2) is 8.24. The van der Waals surface area contributed by atoms with Gasteiger partial charge in [-0.15, -0.1) is 11.3 Å². The number of benzene rings is 1. The lowest BCUT2D eigenvalue weighted by molar-refractivity contribution is -0.122. The molecule has 1 amide bonds. The molecule has 0 spiro atoms. The predicted octanol–water partition coefficient (Wildman–Crippen LogP) is 2.16. The van der Waals surface area contributed by atoms with E-state index in [1.165, 1.54) is 18.6 Å². The number of amides is 1. The second-order valence-corrected chi connectivity index (χ2v) is 8.04. The summed E-state index contributed by atoms with van der Waals surface area (Å²) in [6.07, 6.45) is 1.68. The van der Waals surface area contributed by atoms with Crippen LogP contribution in [-0.4, -0.2) is 26.9 Å². The van der Waals surface area contributed by atoms with Gasteiger partial charge in [0.25, 0.3) is 10.0 Å². The molecule has 1 aromatic carbocycles. The minimum atomic E-state index is -3.63. The third kappa shape index (κ3) is 5.46. The van der Waals surface area contributed by atoms with Gasteiger partial charge in [-0.25, -0.2) is 8.42 Å².